The molecule has 2 bridgehead atoms. The van der Waals surface area contributed by atoms with Crippen LogP contribution in [-0.4, -0.2) is 23.6 Å². The molecule has 0 aromatic rings. The van der Waals surface area contributed by atoms with Gasteiger partial charge in [-0.1, -0.05) is 13.3 Å². The number of hydrogen-bond donors (Lipinski definition) is 0. The molecule has 6 atom stereocenters. The van der Waals surface area contributed by atoms with E-state index in [4.69, 9.17) is 19.2 Å². The Labute approximate surface area is 112 Å². The van der Waals surface area contributed by atoms with E-state index < -0.39 is 17.7 Å². The number of hydrogen-bond acceptors (Lipinski definition) is 5. The molecule has 4 heterocycles. The van der Waals surface area contributed by atoms with Crippen molar-refractivity contribution in [3.8, 4) is 0 Å². The Morgan fingerprint density at radius 1 is 1.21 bits per heavy atom. The molecule has 0 amide bonds. The number of esters is 1. The summed E-state index contributed by atoms with van der Waals surface area (Å²) in [5.41, 5.74) is -0.582. The van der Waals surface area contributed by atoms with Crippen LogP contribution in [0.1, 0.15) is 46.0 Å². The third-order valence-corrected chi connectivity index (χ3v) is 5.52. The Balaban J connectivity index is 1.82. The number of carbonyl (C=O) groups excluding carboxylic acids is 1. The molecular weight excluding hydrogens is 248 g/mol. The summed E-state index contributed by atoms with van der Waals surface area (Å²) >= 11 is 0. The molecule has 0 aromatic carbocycles. The van der Waals surface area contributed by atoms with Crippen molar-refractivity contribution in [3.63, 3.8) is 0 Å². The highest BCUT2D eigenvalue weighted by Gasteiger charge is 2.68. The zero-order valence-corrected chi connectivity index (χ0v) is 11.4. The molecular formula is C14H20O5. The summed E-state index contributed by atoms with van der Waals surface area (Å²) in [6.07, 6.45) is 4.41. The van der Waals surface area contributed by atoms with Crippen LogP contribution in [0.15, 0.2) is 0 Å². The van der Waals surface area contributed by atoms with Crippen molar-refractivity contribution >= 4 is 5.97 Å². The van der Waals surface area contributed by atoms with Crippen LogP contribution < -0.4 is 0 Å². The molecule has 4 aliphatic heterocycles. The molecule has 0 unspecified atom stereocenters. The first-order chi connectivity index (χ1) is 9.05. The lowest BCUT2D eigenvalue weighted by atomic mass is 9.61. The monoisotopic (exact) mass is 268 g/mol. The van der Waals surface area contributed by atoms with Crippen LogP contribution in [-0.2, 0) is 24.0 Å². The molecule has 1 saturated carbocycles. The summed E-state index contributed by atoms with van der Waals surface area (Å²) in [5.74, 6) is -0.593. The van der Waals surface area contributed by atoms with Gasteiger partial charge in [-0.3, -0.25) is 4.79 Å². The molecule has 0 aromatic heterocycles. The standard InChI is InChI=1S/C14H20O5/c1-8-10-5-3-4-9-6-7-13(2)17-12(16-11(8)15)14(9,10)19-18-13/h8-10,12H,3-7H2,1-2H3/t8-,9-,10+,12-,13-,14-/m1/s1. The summed E-state index contributed by atoms with van der Waals surface area (Å²) in [4.78, 5) is 23.5. The van der Waals surface area contributed by atoms with Gasteiger partial charge in [-0.05, 0) is 32.1 Å². The number of carbonyl (C=O) groups is 1. The highest BCUT2D eigenvalue weighted by molar-refractivity contribution is 5.74. The molecule has 4 saturated heterocycles. The van der Waals surface area contributed by atoms with Crippen LogP contribution in [0, 0.1) is 17.8 Å². The lowest BCUT2D eigenvalue weighted by Gasteiger charge is -2.56. The summed E-state index contributed by atoms with van der Waals surface area (Å²) in [6, 6.07) is 0. The normalized spacial score (nSPS) is 56.2. The summed E-state index contributed by atoms with van der Waals surface area (Å²) in [6.45, 7) is 3.79. The van der Waals surface area contributed by atoms with Gasteiger partial charge in [0.05, 0.1) is 5.92 Å². The minimum atomic E-state index is -0.779. The van der Waals surface area contributed by atoms with Crippen LogP contribution in [0.4, 0.5) is 0 Å². The van der Waals surface area contributed by atoms with E-state index in [0.29, 0.717) is 5.92 Å². The second-order valence-electron chi connectivity index (χ2n) is 6.60. The molecule has 5 heteroatoms. The molecule has 5 rings (SSSR count). The van der Waals surface area contributed by atoms with Crippen LogP contribution >= 0.6 is 0 Å². The Bertz CT molecular complexity index is 424. The Kier molecular flexibility index (Phi) is 2.37. The van der Waals surface area contributed by atoms with Crippen molar-refractivity contribution in [2.75, 3.05) is 0 Å². The quantitative estimate of drug-likeness (QED) is 0.497. The average molecular weight is 268 g/mol. The maximum absolute atomic E-state index is 12.0. The van der Waals surface area contributed by atoms with Gasteiger partial charge in [-0.25, -0.2) is 9.78 Å². The fourth-order valence-electron chi connectivity index (χ4n) is 4.41. The first-order valence-corrected chi connectivity index (χ1v) is 7.30. The highest BCUT2D eigenvalue weighted by Crippen LogP contribution is 2.58. The molecule has 1 spiro atoms. The maximum atomic E-state index is 12.0. The second-order valence-corrected chi connectivity index (χ2v) is 6.60. The van der Waals surface area contributed by atoms with Gasteiger partial charge in [0.2, 0.25) is 12.1 Å². The van der Waals surface area contributed by atoms with E-state index in [1.54, 1.807) is 0 Å². The Hall–Kier alpha value is -0.650. The van der Waals surface area contributed by atoms with E-state index in [1.807, 2.05) is 13.8 Å². The van der Waals surface area contributed by atoms with Crippen molar-refractivity contribution in [2.24, 2.45) is 17.8 Å². The van der Waals surface area contributed by atoms with Gasteiger partial charge in [0.25, 0.3) is 0 Å². The van der Waals surface area contributed by atoms with Crippen LogP contribution in [0.3, 0.4) is 0 Å². The van der Waals surface area contributed by atoms with Crippen molar-refractivity contribution < 1.29 is 24.0 Å². The van der Waals surface area contributed by atoms with Gasteiger partial charge in [-0.15, -0.1) is 0 Å². The minimum Gasteiger partial charge on any atom is -0.432 e. The number of rotatable bonds is 0. The van der Waals surface area contributed by atoms with E-state index in [2.05, 4.69) is 0 Å². The molecule has 0 N–H and O–H groups in total. The van der Waals surface area contributed by atoms with E-state index in [1.165, 1.54) is 0 Å². The maximum Gasteiger partial charge on any atom is 0.311 e. The van der Waals surface area contributed by atoms with Gasteiger partial charge in [-0.2, -0.15) is 0 Å². The second kappa shape index (κ2) is 3.71. The Morgan fingerprint density at radius 2 is 2.05 bits per heavy atom. The fraction of sp³-hybridized carbons (Fsp3) is 0.929. The van der Waals surface area contributed by atoms with Gasteiger partial charge >= 0.3 is 5.97 Å². The minimum absolute atomic E-state index is 0.139. The summed E-state index contributed by atoms with van der Waals surface area (Å²) < 4.78 is 11.5. The lowest BCUT2D eigenvalue weighted by Crippen LogP contribution is -2.68. The average Bonchev–Trinajstić information content (AvgIpc) is 2.61. The van der Waals surface area contributed by atoms with Crippen LogP contribution in [0.5, 0.6) is 0 Å². The predicted molar refractivity (Wildman–Crippen MR) is 63.5 cm³/mol. The zero-order chi connectivity index (χ0) is 13.3. The smallest absolute Gasteiger partial charge is 0.311 e. The number of ether oxygens (including phenoxy) is 2. The van der Waals surface area contributed by atoms with Crippen LogP contribution in [0.25, 0.3) is 0 Å². The van der Waals surface area contributed by atoms with E-state index in [0.717, 1.165) is 32.1 Å². The lowest BCUT2D eigenvalue weighted by molar-refractivity contribution is -0.557. The van der Waals surface area contributed by atoms with Gasteiger partial charge in [0.15, 0.2) is 5.60 Å². The third-order valence-electron chi connectivity index (χ3n) is 5.52. The van der Waals surface area contributed by atoms with E-state index in [-0.39, 0.29) is 17.8 Å². The van der Waals surface area contributed by atoms with Gasteiger partial charge in [0.1, 0.15) is 0 Å². The molecule has 106 valence electrons. The summed E-state index contributed by atoms with van der Waals surface area (Å²) in [7, 11) is 0. The topological polar surface area (TPSA) is 54.0 Å². The molecule has 5 fully saturated rings. The zero-order valence-electron chi connectivity index (χ0n) is 11.4. The molecule has 5 aliphatic rings. The third kappa shape index (κ3) is 1.44. The molecule has 1 aliphatic carbocycles. The SMILES string of the molecule is C[C@H]1C(=O)O[C@@H]2O[C@@]3(C)CC[C@H]4CCC[C@@H]1[C@]42OO3. The van der Waals surface area contributed by atoms with Crippen molar-refractivity contribution in [1.82, 2.24) is 0 Å². The predicted octanol–water partition coefficient (Wildman–Crippen LogP) is 2.15. The van der Waals surface area contributed by atoms with Crippen molar-refractivity contribution in [3.05, 3.63) is 0 Å². The Morgan fingerprint density at radius 3 is 2.89 bits per heavy atom. The van der Waals surface area contributed by atoms with Gasteiger partial charge < -0.3 is 9.47 Å². The van der Waals surface area contributed by atoms with E-state index >= 15 is 0 Å². The first kappa shape index (κ1) is 12.1. The number of fused-ring (bicyclic) bond motifs is 2. The van der Waals surface area contributed by atoms with Gasteiger partial charge in [0, 0.05) is 12.3 Å². The molecule has 19 heavy (non-hydrogen) atoms. The van der Waals surface area contributed by atoms with E-state index in [9.17, 15) is 4.79 Å². The largest absolute Gasteiger partial charge is 0.432 e. The highest BCUT2D eigenvalue weighted by atomic mass is 17.3. The summed E-state index contributed by atoms with van der Waals surface area (Å²) in [5, 5.41) is 0. The van der Waals surface area contributed by atoms with Crippen molar-refractivity contribution in [1.29, 1.82) is 0 Å². The van der Waals surface area contributed by atoms with Crippen molar-refractivity contribution in [2.45, 2.75) is 63.6 Å². The molecule has 5 nitrogen and oxygen atoms in total. The fourth-order valence-corrected chi connectivity index (χ4v) is 4.41. The van der Waals surface area contributed by atoms with Crippen LogP contribution in [0.2, 0.25) is 0 Å². The first-order valence-electron chi connectivity index (χ1n) is 7.30. The molecule has 0 radical (unpaired) electrons.